The summed E-state index contributed by atoms with van der Waals surface area (Å²) in [4.78, 5) is 5.33. The highest BCUT2D eigenvalue weighted by molar-refractivity contribution is 9.10. The van der Waals surface area contributed by atoms with Crippen LogP contribution >= 0.6 is 27.7 Å². The van der Waals surface area contributed by atoms with Gasteiger partial charge in [0.2, 0.25) is 5.88 Å². The molecule has 1 aromatic heterocycles. The van der Waals surface area contributed by atoms with E-state index in [2.05, 4.69) is 20.9 Å². The molecule has 140 valence electrons. The number of benzene rings is 2. The number of anilines is 2. The van der Waals surface area contributed by atoms with Crippen LogP contribution in [0.3, 0.4) is 0 Å². The molecule has 4 rings (SSSR count). The van der Waals surface area contributed by atoms with Gasteiger partial charge in [0.1, 0.15) is 28.9 Å². The van der Waals surface area contributed by atoms with Gasteiger partial charge in [-0.15, -0.1) is 11.8 Å². The van der Waals surface area contributed by atoms with E-state index in [-0.39, 0.29) is 22.3 Å². The molecule has 1 aliphatic heterocycles. The summed E-state index contributed by atoms with van der Waals surface area (Å²) in [6, 6.07) is 15.6. The van der Waals surface area contributed by atoms with E-state index >= 15 is 0 Å². The molecular weight excluding hydrogens is 440 g/mol. The van der Waals surface area contributed by atoms with Crippen LogP contribution in [0.15, 0.2) is 51.8 Å². The zero-order valence-electron chi connectivity index (χ0n) is 14.8. The number of halogens is 1. The normalized spacial score (nSPS) is 14.4. The third-order valence-corrected chi connectivity index (χ3v) is 6.21. The molecule has 3 aromatic rings. The second-order valence-corrected chi connectivity index (χ2v) is 8.17. The molecule has 0 aliphatic carbocycles. The molecule has 0 bridgehead atoms. The van der Waals surface area contributed by atoms with Gasteiger partial charge in [-0.05, 0) is 42.5 Å². The van der Waals surface area contributed by atoms with Gasteiger partial charge in [0, 0.05) is 14.9 Å². The number of ether oxygens (including phenoxy) is 2. The van der Waals surface area contributed by atoms with Gasteiger partial charge in [-0.3, -0.25) is 0 Å². The molecule has 2 aromatic carbocycles. The highest BCUT2D eigenvalue weighted by Gasteiger charge is 2.34. The van der Waals surface area contributed by atoms with Gasteiger partial charge in [-0.1, -0.05) is 15.9 Å². The average molecular weight is 455 g/mol. The Kier molecular flexibility index (Phi) is 4.79. The zero-order valence-corrected chi connectivity index (χ0v) is 17.2. The predicted molar refractivity (Wildman–Crippen MR) is 113 cm³/mol. The quantitative estimate of drug-likeness (QED) is 0.580. The maximum atomic E-state index is 9.46. The molecule has 0 spiro atoms. The number of nitriles is 1. The van der Waals surface area contributed by atoms with Crippen LogP contribution in [0, 0.1) is 11.3 Å². The van der Waals surface area contributed by atoms with Crippen molar-refractivity contribution < 1.29 is 9.47 Å². The lowest BCUT2D eigenvalue weighted by Gasteiger charge is -2.29. The summed E-state index contributed by atoms with van der Waals surface area (Å²) < 4.78 is 12.3. The van der Waals surface area contributed by atoms with E-state index in [0.717, 1.165) is 14.9 Å². The van der Waals surface area contributed by atoms with E-state index in [1.54, 1.807) is 18.9 Å². The van der Waals surface area contributed by atoms with Crippen LogP contribution < -0.4 is 20.9 Å². The third kappa shape index (κ3) is 3.13. The van der Waals surface area contributed by atoms with Gasteiger partial charge in [-0.25, -0.2) is 0 Å². The van der Waals surface area contributed by atoms with Gasteiger partial charge >= 0.3 is 0 Å². The van der Waals surface area contributed by atoms with Crippen molar-refractivity contribution in [3.63, 3.8) is 0 Å². The first-order valence-electron chi connectivity index (χ1n) is 8.28. The van der Waals surface area contributed by atoms with Crippen LogP contribution in [0.1, 0.15) is 21.9 Å². The van der Waals surface area contributed by atoms with Gasteiger partial charge in [0.05, 0.1) is 23.6 Å². The summed E-state index contributed by atoms with van der Waals surface area (Å²) >= 11 is 5.04. The lowest BCUT2D eigenvalue weighted by Crippen LogP contribution is -2.15. The molecule has 8 heteroatoms. The second kappa shape index (κ2) is 7.26. The molecule has 0 saturated carbocycles. The molecule has 0 fully saturated rings. The van der Waals surface area contributed by atoms with Crippen molar-refractivity contribution in [1.29, 1.82) is 5.26 Å². The smallest absolute Gasteiger partial charge is 0.228 e. The predicted octanol–water partition coefficient (Wildman–Crippen LogP) is 4.88. The minimum atomic E-state index is -0.241. The van der Waals surface area contributed by atoms with Crippen LogP contribution in [0.5, 0.6) is 17.4 Å². The van der Waals surface area contributed by atoms with Crippen molar-refractivity contribution in [2.24, 2.45) is 0 Å². The monoisotopic (exact) mass is 454 g/mol. The summed E-state index contributed by atoms with van der Waals surface area (Å²) in [5.41, 5.74) is 14.2. The van der Waals surface area contributed by atoms with Crippen molar-refractivity contribution in [2.45, 2.75) is 10.1 Å². The maximum absolute atomic E-state index is 9.46. The number of hydrogen-bond donors (Lipinski definition) is 2. The number of rotatable bonds is 3. The highest BCUT2D eigenvalue weighted by Crippen LogP contribution is 2.54. The second-order valence-electron chi connectivity index (χ2n) is 6.07. The lowest BCUT2D eigenvalue weighted by molar-refractivity contribution is 0.408. The summed E-state index contributed by atoms with van der Waals surface area (Å²) in [5, 5.41) is 9.22. The molecule has 1 atom stereocenters. The number of pyridine rings is 1. The van der Waals surface area contributed by atoms with Crippen molar-refractivity contribution in [3.05, 3.63) is 63.6 Å². The average Bonchev–Trinajstić information content (AvgIpc) is 2.69. The summed E-state index contributed by atoms with van der Waals surface area (Å²) in [6.07, 6.45) is 0. The number of thioether (sulfide) groups is 1. The fourth-order valence-corrected chi connectivity index (χ4v) is 4.53. The van der Waals surface area contributed by atoms with Gasteiger partial charge < -0.3 is 20.9 Å². The van der Waals surface area contributed by atoms with E-state index in [9.17, 15) is 5.26 Å². The number of nitrogens with two attached hydrogens (primary N) is 2. The maximum Gasteiger partial charge on any atom is 0.228 e. The Morgan fingerprint density at radius 1 is 1.21 bits per heavy atom. The van der Waals surface area contributed by atoms with E-state index in [4.69, 9.17) is 20.9 Å². The number of hydrogen-bond acceptors (Lipinski definition) is 7. The fourth-order valence-electron chi connectivity index (χ4n) is 3.04. The Balaban J connectivity index is 1.91. The van der Waals surface area contributed by atoms with E-state index in [1.165, 1.54) is 0 Å². The van der Waals surface area contributed by atoms with Crippen LogP contribution in [0.4, 0.5) is 11.5 Å². The summed E-state index contributed by atoms with van der Waals surface area (Å²) in [7, 11) is 1.61. The minimum Gasteiger partial charge on any atom is -0.497 e. The van der Waals surface area contributed by atoms with Crippen molar-refractivity contribution >= 4 is 39.2 Å². The molecular formula is C20H15BrN4O2S. The fraction of sp³-hybridized carbons (Fsp3) is 0.100. The summed E-state index contributed by atoms with van der Waals surface area (Å²) in [6.45, 7) is 0. The van der Waals surface area contributed by atoms with Crippen LogP contribution in [-0.2, 0) is 0 Å². The van der Waals surface area contributed by atoms with E-state index in [0.29, 0.717) is 22.9 Å². The van der Waals surface area contributed by atoms with Gasteiger partial charge in [0.15, 0.2) is 0 Å². The molecule has 28 heavy (non-hydrogen) atoms. The summed E-state index contributed by atoms with van der Waals surface area (Å²) in [5.74, 6) is 1.73. The number of nitrogen functional groups attached to an aromatic ring is 2. The van der Waals surface area contributed by atoms with Crippen molar-refractivity contribution in [2.75, 3.05) is 18.6 Å². The number of methoxy groups -OCH3 is 1. The Morgan fingerprint density at radius 2 is 1.96 bits per heavy atom. The first-order valence-corrected chi connectivity index (χ1v) is 9.96. The number of fused-ring (bicyclic) bond motifs is 2. The number of aromatic nitrogens is 1. The lowest BCUT2D eigenvalue weighted by atomic mass is 9.98. The van der Waals surface area contributed by atoms with E-state index in [1.807, 2.05) is 48.5 Å². The largest absolute Gasteiger partial charge is 0.497 e. The standard InChI is InChI=1S/C20H15BrN4O2S/c1-26-11-4-7-15-13(8-11)18(28-12-5-2-10(21)3-6-12)16-17(23)14(9-22)19(24)25-20(16)27-15/h2-8,18H,1H3,(H4,23,24,25). The van der Waals surface area contributed by atoms with Crippen molar-refractivity contribution in [3.8, 4) is 23.4 Å². The van der Waals surface area contributed by atoms with Crippen LogP contribution in [0.2, 0.25) is 0 Å². The van der Waals surface area contributed by atoms with Gasteiger partial charge in [0.25, 0.3) is 0 Å². The van der Waals surface area contributed by atoms with Crippen LogP contribution in [0.25, 0.3) is 0 Å². The minimum absolute atomic E-state index is 0.0584. The molecule has 6 nitrogen and oxygen atoms in total. The zero-order chi connectivity index (χ0) is 19.8. The first kappa shape index (κ1) is 18.5. The topological polar surface area (TPSA) is 107 Å². The Labute approximate surface area is 174 Å². The molecule has 2 heterocycles. The molecule has 1 aliphatic rings. The molecule has 4 N–H and O–H groups in total. The Morgan fingerprint density at radius 3 is 2.64 bits per heavy atom. The molecule has 0 amide bonds. The molecule has 1 unspecified atom stereocenters. The van der Waals surface area contributed by atoms with Crippen LogP contribution in [-0.4, -0.2) is 12.1 Å². The number of nitrogens with zero attached hydrogens (tertiary/aromatic N) is 2. The van der Waals surface area contributed by atoms with Gasteiger partial charge in [-0.2, -0.15) is 10.2 Å². The third-order valence-electron chi connectivity index (χ3n) is 4.42. The van der Waals surface area contributed by atoms with E-state index < -0.39 is 0 Å². The first-order chi connectivity index (χ1) is 13.5. The Hall–Kier alpha value is -2.89. The molecule has 0 radical (unpaired) electrons. The highest BCUT2D eigenvalue weighted by atomic mass is 79.9. The van der Waals surface area contributed by atoms with Crippen molar-refractivity contribution in [1.82, 2.24) is 4.98 Å². The Bertz CT molecular complexity index is 1110. The SMILES string of the molecule is COc1ccc2c(c1)C(Sc1ccc(Br)cc1)c1c(nc(N)c(C#N)c1N)O2. The molecule has 0 saturated heterocycles.